The van der Waals surface area contributed by atoms with Crippen LogP contribution < -0.4 is 4.31 Å². The number of rotatable bonds is 8. The smallest absolute Gasteiger partial charge is 0.238 e. The molecule has 0 aromatic heterocycles. The molecule has 0 saturated carbocycles. The molecule has 1 aliphatic rings. The Bertz CT molecular complexity index is 594. The van der Waals surface area contributed by atoms with Gasteiger partial charge < -0.3 is 11.7 Å². The molecule has 4 nitrogen and oxygen atoms in total. The van der Waals surface area contributed by atoms with Crippen LogP contribution in [0.15, 0.2) is 24.3 Å². The summed E-state index contributed by atoms with van der Waals surface area (Å²) in [5.74, 6) is -0.392. The van der Waals surface area contributed by atoms with Crippen molar-refractivity contribution >= 4 is 15.7 Å². The van der Waals surface area contributed by atoms with E-state index in [0.717, 1.165) is 32.1 Å². The normalized spacial score (nSPS) is 22.4. The van der Waals surface area contributed by atoms with Crippen LogP contribution >= 0.6 is 0 Å². The number of hydrogen-bond donors (Lipinski definition) is 0. The van der Waals surface area contributed by atoms with E-state index in [1.54, 1.807) is 0 Å². The summed E-state index contributed by atoms with van der Waals surface area (Å²) < 4.78 is 45.4. The Morgan fingerprint density at radius 2 is 1.92 bits per heavy atom. The van der Waals surface area contributed by atoms with Crippen molar-refractivity contribution in [1.82, 2.24) is 0 Å². The zero-order valence-electron chi connectivity index (χ0n) is 14.2. The van der Waals surface area contributed by atoms with Gasteiger partial charge in [0.05, 0.1) is 23.6 Å². The van der Waals surface area contributed by atoms with Crippen LogP contribution in [0.5, 0.6) is 0 Å². The van der Waals surface area contributed by atoms with Gasteiger partial charge in [-0.1, -0.05) is 19.3 Å². The fourth-order valence-electron chi connectivity index (χ4n) is 3.08. The van der Waals surface area contributed by atoms with Crippen LogP contribution in [-0.2, 0) is 47.5 Å². The van der Waals surface area contributed by atoms with E-state index in [1.807, 2.05) is 6.92 Å². The van der Waals surface area contributed by atoms with Crippen molar-refractivity contribution in [3.05, 3.63) is 37.0 Å². The minimum absolute atomic E-state index is 0. The molecule has 0 N–H and O–H groups in total. The van der Waals surface area contributed by atoms with Crippen LogP contribution in [0.25, 0.3) is 0 Å². The van der Waals surface area contributed by atoms with Gasteiger partial charge >= 0.3 is 0 Å². The van der Waals surface area contributed by atoms with Gasteiger partial charge in [-0.05, 0) is 37.6 Å². The van der Waals surface area contributed by atoms with Crippen LogP contribution in [0, 0.1) is 12.7 Å². The van der Waals surface area contributed by atoms with E-state index >= 15 is 0 Å². The summed E-state index contributed by atoms with van der Waals surface area (Å²) in [6.45, 7) is 6.17. The van der Waals surface area contributed by atoms with Crippen LogP contribution in [0.2, 0.25) is 0 Å². The number of ether oxygens (including phenoxy) is 1. The van der Waals surface area contributed by atoms with Crippen molar-refractivity contribution in [2.45, 2.75) is 51.2 Å². The molecule has 1 fully saturated rings. The Kier molecular flexibility index (Phi) is 9.35. The van der Waals surface area contributed by atoms with Crippen molar-refractivity contribution in [2.24, 2.45) is 0 Å². The van der Waals surface area contributed by atoms with Crippen molar-refractivity contribution in [3.63, 3.8) is 0 Å². The molecule has 1 aliphatic heterocycles. The second-order valence-electron chi connectivity index (χ2n) is 5.81. The Labute approximate surface area is 170 Å². The molecule has 0 amide bonds. The van der Waals surface area contributed by atoms with E-state index in [4.69, 9.17) is 4.74 Å². The first-order valence-corrected chi connectivity index (χ1v) is 9.79. The van der Waals surface area contributed by atoms with Crippen molar-refractivity contribution < 1.29 is 50.3 Å². The molecule has 24 heavy (non-hydrogen) atoms. The van der Waals surface area contributed by atoms with Crippen molar-refractivity contribution in [3.8, 4) is 0 Å². The zero-order valence-corrected chi connectivity index (χ0v) is 17.8. The third kappa shape index (κ3) is 5.48. The van der Waals surface area contributed by atoms with E-state index < -0.39 is 10.0 Å². The van der Waals surface area contributed by atoms with Crippen LogP contribution in [0.4, 0.5) is 10.1 Å². The van der Waals surface area contributed by atoms with E-state index in [9.17, 15) is 12.8 Å². The van der Waals surface area contributed by atoms with Gasteiger partial charge in [0.2, 0.25) is 10.0 Å². The molecule has 7 heteroatoms. The summed E-state index contributed by atoms with van der Waals surface area (Å²) in [6, 6.07) is 5.39. The quantitative estimate of drug-likeness (QED) is 0.468. The van der Waals surface area contributed by atoms with Gasteiger partial charge in [0, 0.05) is 39.3 Å². The molecule has 2 unspecified atom stereocenters. The summed E-state index contributed by atoms with van der Waals surface area (Å²) in [6.07, 6.45) is 4.28. The third-order valence-electron chi connectivity index (χ3n) is 4.12. The number of halogens is 1. The molecule has 0 aliphatic carbocycles. The predicted octanol–water partition coefficient (Wildman–Crippen LogP) is 3.53. The first-order valence-electron chi connectivity index (χ1n) is 8.18. The Morgan fingerprint density at radius 3 is 2.50 bits per heavy atom. The minimum Gasteiger partial charge on any atom is -0.375 e. The standard InChI is InChI=1S/C17H25FNO3S.Y/c1-3-5-6-7-8-16-17(22-4-2)13-23(20,21)19(16)15-11-9-14(18)10-12-15;/h9-12,16-17H,1,3-8,13H2,2H3;/q-1;. The number of anilines is 1. The molecule has 133 valence electrons. The summed E-state index contributed by atoms with van der Waals surface area (Å²) in [7, 11) is -3.44. The number of nitrogens with zero attached hydrogens (tertiary/aromatic N) is 1. The van der Waals surface area contributed by atoms with E-state index in [2.05, 4.69) is 6.92 Å². The summed E-state index contributed by atoms with van der Waals surface area (Å²) >= 11 is 0. The molecule has 1 aromatic rings. The second kappa shape index (κ2) is 10.2. The average Bonchev–Trinajstić information content (AvgIpc) is 2.75. The maximum atomic E-state index is 13.1. The largest absolute Gasteiger partial charge is 0.375 e. The summed E-state index contributed by atoms with van der Waals surface area (Å²) in [4.78, 5) is 0. The van der Waals surface area contributed by atoms with Crippen molar-refractivity contribution in [1.29, 1.82) is 0 Å². The summed E-state index contributed by atoms with van der Waals surface area (Å²) in [5, 5.41) is 0. The Hall–Kier alpha value is -0.0361. The molecular weight excluding hydrogens is 406 g/mol. The number of sulfonamides is 1. The molecule has 1 radical (unpaired) electrons. The van der Waals surface area contributed by atoms with Gasteiger partial charge in [-0.25, -0.2) is 12.8 Å². The number of unbranched alkanes of at least 4 members (excludes halogenated alkanes) is 3. The zero-order chi connectivity index (χ0) is 16.9. The number of hydrogen-bond acceptors (Lipinski definition) is 3. The Morgan fingerprint density at radius 1 is 1.25 bits per heavy atom. The van der Waals surface area contributed by atoms with E-state index in [-0.39, 0.29) is 56.4 Å². The monoisotopic (exact) mass is 431 g/mol. The average molecular weight is 431 g/mol. The van der Waals surface area contributed by atoms with Gasteiger partial charge in [-0.3, -0.25) is 4.31 Å². The van der Waals surface area contributed by atoms with Crippen LogP contribution in [-0.4, -0.2) is 32.9 Å². The van der Waals surface area contributed by atoms with E-state index in [0.29, 0.717) is 12.3 Å². The maximum Gasteiger partial charge on any atom is 0.238 e. The molecule has 1 saturated heterocycles. The molecule has 0 spiro atoms. The molecule has 1 heterocycles. The predicted molar refractivity (Wildman–Crippen MR) is 90.3 cm³/mol. The van der Waals surface area contributed by atoms with Gasteiger partial charge in [-0.15, -0.1) is 0 Å². The second-order valence-corrected chi connectivity index (χ2v) is 7.71. The molecule has 2 atom stereocenters. The molecule has 1 aromatic carbocycles. The first kappa shape index (κ1) is 22.0. The van der Waals surface area contributed by atoms with Gasteiger partial charge in [0.25, 0.3) is 0 Å². The fourth-order valence-corrected chi connectivity index (χ4v) is 5.07. The molecule has 0 bridgehead atoms. The van der Waals surface area contributed by atoms with Gasteiger partial charge in [0.1, 0.15) is 5.82 Å². The molecular formula is C17H25FNO3SY-. The number of benzene rings is 1. The van der Waals surface area contributed by atoms with Gasteiger partial charge in [0.15, 0.2) is 0 Å². The van der Waals surface area contributed by atoms with Crippen LogP contribution in [0.1, 0.15) is 39.0 Å². The summed E-state index contributed by atoms with van der Waals surface area (Å²) in [5.41, 5.74) is 0.510. The third-order valence-corrected chi connectivity index (χ3v) is 5.95. The van der Waals surface area contributed by atoms with Gasteiger partial charge in [-0.2, -0.15) is 6.42 Å². The fraction of sp³-hybridized carbons (Fsp3) is 0.588. The first-order chi connectivity index (χ1) is 11.0. The van der Waals surface area contributed by atoms with Crippen molar-refractivity contribution in [2.75, 3.05) is 16.7 Å². The maximum absolute atomic E-state index is 13.1. The van der Waals surface area contributed by atoms with Crippen LogP contribution in [0.3, 0.4) is 0 Å². The Balaban J connectivity index is 0.00000288. The molecule has 2 rings (SSSR count). The minimum atomic E-state index is -3.44. The van der Waals surface area contributed by atoms with E-state index in [1.165, 1.54) is 28.6 Å². The topological polar surface area (TPSA) is 46.6 Å². The SMILES string of the molecule is [CH2-]CCCCCC1C(OCC)CS(=O)(=O)N1c1ccc(F)cc1.[Y].